The van der Waals surface area contributed by atoms with E-state index < -0.39 is 10.9 Å². The van der Waals surface area contributed by atoms with Crippen LogP contribution in [0.4, 0.5) is 11.4 Å². The molecule has 0 saturated heterocycles. The van der Waals surface area contributed by atoms with Crippen LogP contribution in [0.5, 0.6) is 0 Å². The summed E-state index contributed by atoms with van der Waals surface area (Å²) in [6.45, 7) is 2.30. The summed E-state index contributed by atoms with van der Waals surface area (Å²) in [5, 5.41) is 14.7. The number of hydrogen-bond acceptors (Lipinski definition) is 8. The Bertz CT molecular complexity index is 1160. The van der Waals surface area contributed by atoms with Crippen LogP contribution in [0.25, 0.3) is 10.9 Å². The van der Waals surface area contributed by atoms with Gasteiger partial charge in [-0.1, -0.05) is 12.1 Å². The summed E-state index contributed by atoms with van der Waals surface area (Å²) in [5.74, 6) is -0.587. The van der Waals surface area contributed by atoms with Gasteiger partial charge < -0.3 is 19.8 Å². The molecular formula is C20H20N4O6. The van der Waals surface area contributed by atoms with Gasteiger partial charge in [-0.25, -0.2) is 9.78 Å². The van der Waals surface area contributed by atoms with Gasteiger partial charge in [0.25, 0.3) is 11.2 Å². The number of aromatic nitrogens is 2. The van der Waals surface area contributed by atoms with E-state index in [4.69, 9.17) is 9.47 Å². The molecule has 0 radical (unpaired) electrons. The van der Waals surface area contributed by atoms with Crippen molar-refractivity contribution in [3.63, 3.8) is 0 Å². The molecule has 3 aromatic rings. The summed E-state index contributed by atoms with van der Waals surface area (Å²) < 4.78 is 10.1. The number of fused-ring (bicyclic) bond motifs is 1. The molecule has 30 heavy (non-hydrogen) atoms. The number of aryl methyl sites for hydroxylation is 1. The van der Waals surface area contributed by atoms with E-state index in [0.717, 1.165) is 11.6 Å². The second-order valence-corrected chi connectivity index (χ2v) is 6.47. The van der Waals surface area contributed by atoms with Crippen LogP contribution in [0.3, 0.4) is 0 Å². The maximum absolute atomic E-state index is 12.4. The molecule has 0 amide bonds. The monoisotopic (exact) mass is 412 g/mol. The number of nitro benzene ring substituents is 1. The van der Waals surface area contributed by atoms with Gasteiger partial charge in [0.15, 0.2) is 0 Å². The van der Waals surface area contributed by atoms with Gasteiger partial charge in [0, 0.05) is 19.7 Å². The number of ether oxygens (including phenoxy) is 2. The van der Waals surface area contributed by atoms with E-state index in [9.17, 15) is 19.7 Å². The van der Waals surface area contributed by atoms with Gasteiger partial charge in [0.1, 0.15) is 18.1 Å². The van der Waals surface area contributed by atoms with Crippen molar-refractivity contribution in [2.24, 2.45) is 0 Å². The molecule has 2 N–H and O–H groups in total. The van der Waals surface area contributed by atoms with Crippen molar-refractivity contribution in [3.8, 4) is 0 Å². The fraction of sp³-hybridized carbons (Fsp3) is 0.250. The number of methoxy groups -OCH3 is 1. The first-order valence-corrected chi connectivity index (χ1v) is 9.07. The van der Waals surface area contributed by atoms with E-state index in [1.165, 1.54) is 19.2 Å². The Morgan fingerprint density at radius 2 is 2.10 bits per heavy atom. The molecule has 0 unspecified atom stereocenters. The van der Waals surface area contributed by atoms with Gasteiger partial charge in [0.2, 0.25) is 0 Å². The first-order valence-electron chi connectivity index (χ1n) is 9.07. The summed E-state index contributed by atoms with van der Waals surface area (Å²) in [7, 11) is 1.52. The highest BCUT2D eigenvalue weighted by Crippen LogP contribution is 2.26. The molecule has 1 heterocycles. The number of anilines is 1. The van der Waals surface area contributed by atoms with Crippen molar-refractivity contribution in [1.29, 1.82) is 0 Å². The van der Waals surface area contributed by atoms with Crippen LogP contribution in [0.15, 0.2) is 41.2 Å². The Labute approximate surface area is 171 Å². The fourth-order valence-corrected chi connectivity index (χ4v) is 2.88. The molecule has 0 saturated carbocycles. The van der Waals surface area contributed by atoms with Crippen molar-refractivity contribution >= 4 is 28.2 Å². The Morgan fingerprint density at radius 1 is 1.30 bits per heavy atom. The lowest BCUT2D eigenvalue weighted by Crippen LogP contribution is -2.15. The molecule has 3 rings (SSSR count). The van der Waals surface area contributed by atoms with Crippen LogP contribution < -0.4 is 10.9 Å². The lowest BCUT2D eigenvalue weighted by Gasteiger charge is -2.09. The number of rotatable bonds is 8. The SMILES string of the molecule is COCCNc1ccc(C(=O)OCc2nc3c(C)cccc3c(=O)[nH]2)cc1[N+](=O)[O-]. The highest BCUT2D eigenvalue weighted by Gasteiger charge is 2.19. The largest absolute Gasteiger partial charge is 0.454 e. The number of H-pyrrole nitrogens is 1. The first kappa shape index (κ1) is 20.9. The molecular weight excluding hydrogens is 392 g/mol. The van der Waals surface area contributed by atoms with Crippen LogP contribution in [0.1, 0.15) is 21.7 Å². The standard InChI is InChI=1S/C20H20N4O6/c1-12-4-3-5-14-18(12)22-17(23-19(14)25)11-30-20(26)13-6-7-15(21-8-9-29-2)16(10-13)24(27)28/h3-7,10,21H,8-9,11H2,1-2H3,(H,22,23,25). The van der Waals surface area contributed by atoms with Gasteiger partial charge in [0.05, 0.1) is 28.0 Å². The number of carbonyl (C=O) groups is 1. The minimum atomic E-state index is -0.769. The number of nitrogens with zero attached hydrogens (tertiary/aromatic N) is 2. The van der Waals surface area contributed by atoms with E-state index in [-0.39, 0.29) is 34.9 Å². The van der Waals surface area contributed by atoms with E-state index in [1.54, 1.807) is 12.1 Å². The number of nitrogens with one attached hydrogen (secondary N) is 2. The Morgan fingerprint density at radius 3 is 2.83 bits per heavy atom. The molecule has 1 aromatic heterocycles. The summed E-state index contributed by atoms with van der Waals surface area (Å²) in [6, 6.07) is 9.24. The van der Waals surface area contributed by atoms with Crippen LogP contribution in [0.2, 0.25) is 0 Å². The summed E-state index contributed by atoms with van der Waals surface area (Å²) in [4.78, 5) is 42.2. The number of carbonyl (C=O) groups excluding carboxylic acids is 1. The Hall–Kier alpha value is -3.79. The third-order valence-corrected chi connectivity index (χ3v) is 4.38. The zero-order valence-electron chi connectivity index (χ0n) is 16.4. The number of para-hydroxylation sites is 1. The van der Waals surface area contributed by atoms with Gasteiger partial charge in [-0.05, 0) is 30.7 Å². The minimum absolute atomic E-state index is 0.0123. The summed E-state index contributed by atoms with van der Waals surface area (Å²) >= 11 is 0. The van der Waals surface area contributed by atoms with E-state index in [0.29, 0.717) is 24.1 Å². The average Bonchev–Trinajstić information content (AvgIpc) is 2.73. The molecule has 0 aliphatic rings. The number of esters is 1. The third-order valence-electron chi connectivity index (χ3n) is 4.38. The Kier molecular flexibility index (Phi) is 6.38. The lowest BCUT2D eigenvalue weighted by atomic mass is 10.1. The van der Waals surface area contributed by atoms with E-state index >= 15 is 0 Å². The van der Waals surface area contributed by atoms with Crippen LogP contribution in [-0.2, 0) is 16.1 Å². The summed E-state index contributed by atoms with van der Waals surface area (Å²) in [5.41, 5.74) is 1.03. The highest BCUT2D eigenvalue weighted by atomic mass is 16.6. The third kappa shape index (κ3) is 4.61. The number of benzene rings is 2. The van der Waals surface area contributed by atoms with Crippen molar-refractivity contribution in [1.82, 2.24) is 9.97 Å². The molecule has 0 spiro atoms. The smallest absolute Gasteiger partial charge is 0.338 e. The van der Waals surface area contributed by atoms with Crippen molar-refractivity contribution in [2.75, 3.05) is 25.6 Å². The molecule has 0 atom stereocenters. The number of aromatic amines is 1. The topological polar surface area (TPSA) is 136 Å². The molecule has 0 bridgehead atoms. The van der Waals surface area contributed by atoms with Crippen molar-refractivity contribution < 1.29 is 19.2 Å². The average molecular weight is 412 g/mol. The molecule has 0 aliphatic heterocycles. The van der Waals surface area contributed by atoms with Crippen molar-refractivity contribution in [3.05, 3.63) is 73.8 Å². The highest BCUT2D eigenvalue weighted by molar-refractivity contribution is 5.91. The molecule has 156 valence electrons. The predicted molar refractivity (Wildman–Crippen MR) is 110 cm³/mol. The van der Waals surface area contributed by atoms with Gasteiger partial charge in [-0.15, -0.1) is 0 Å². The van der Waals surface area contributed by atoms with Crippen LogP contribution in [-0.4, -0.2) is 41.1 Å². The van der Waals surface area contributed by atoms with Gasteiger partial charge in [-0.2, -0.15) is 0 Å². The second kappa shape index (κ2) is 9.14. The molecule has 2 aromatic carbocycles. The van der Waals surface area contributed by atoms with E-state index in [2.05, 4.69) is 15.3 Å². The Balaban J connectivity index is 1.77. The minimum Gasteiger partial charge on any atom is -0.454 e. The lowest BCUT2D eigenvalue weighted by molar-refractivity contribution is -0.384. The van der Waals surface area contributed by atoms with Gasteiger partial charge in [-0.3, -0.25) is 14.9 Å². The molecule has 10 nitrogen and oxygen atoms in total. The van der Waals surface area contributed by atoms with E-state index in [1.807, 2.05) is 13.0 Å². The normalized spacial score (nSPS) is 10.7. The fourth-order valence-electron chi connectivity index (χ4n) is 2.88. The molecule has 10 heteroatoms. The number of nitro groups is 1. The zero-order chi connectivity index (χ0) is 21.7. The quantitative estimate of drug-likeness (QED) is 0.249. The summed E-state index contributed by atoms with van der Waals surface area (Å²) in [6.07, 6.45) is 0. The molecule has 0 aliphatic carbocycles. The van der Waals surface area contributed by atoms with Crippen molar-refractivity contribution in [2.45, 2.75) is 13.5 Å². The zero-order valence-corrected chi connectivity index (χ0v) is 16.4. The first-order chi connectivity index (χ1) is 14.4. The van der Waals surface area contributed by atoms with Crippen LogP contribution >= 0.6 is 0 Å². The number of hydrogen-bond donors (Lipinski definition) is 2. The predicted octanol–water partition coefficient (Wildman–Crippen LogP) is 2.56. The van der Waals surface area contributed by atoms with Crippen LogP contribution in [0, 0.1) is 17.0 Å². The second-order valence-electron chi connectivity index (χ2n) is 6.47. The maximum atomic E-state index is 12.4. The molecule has 0 fully saturated rings. The maximum Gasteiger partial charge on any atom is 0.338 e. The van der Waals surface area contributed by atoms with Gasteiger partial charge >= 0.3 is 5.97 Å².